The number of nitrogens with zero attached hydrogens (tertiary/aromatic N) is 2. The lowest BCUT2D eigenvalue weighted by molar-refractivity contribution is 0.571. The van der Waals surface area contributed by atoms with Crippen molar-refractivity contribution >= 4 is 27.8 Å². The number of hydrogen-bond donors (Lipinski definition) is 1. The molecule has 0 fully saturated rings. The fourth-order valence-electron chi connectivity index (χ4n) is 1.76. The summed E-state index contributed by atoms with van der Waals surface area (Å²) < 4.78 is 0. The molecule has 0 saturated heterocycles. The second-order valence-electron chi connectivity index (χ2n) is 5.92. The van der Waals surface area contributed by atoms with Crippen LogP contribution >= 0.6 is 22.7 Å². The SMILES string of the molecule is CNc1nc(-c2sc(C(C)C)nc2C(C)(C)C)cs1. The Kier molecular flexibility index (Phi) is 3.97. The molecule has 5 heteroatoms. The van der Waals surface area contributed by atoms with Crippen LogP contribution in [0.2, 0.25) is 0 Å². The highest BCUT2D eigenvalue weighted by molar-refractivity contribution is 7.17. The molecule has 0 aliphatic rings. The van der Waals surface area contributed by atoms with Crippen LogP contribution in [-0.4, -0.2) is 17.0 Å². The molecule has 0 saturated carbocycles. The minimum absolute atomic E-state index is 0.0440. The molecule has 0 radical (unpaired) electrons. The standard InChI is InChI=1S/C14H21N3S2/c1-8(2)12-17-11(14(3,4)5)10(19-12)9-7-18-13(15-6)16-9/h7-8H,1-6H3,(H,15,16). The zero-order valence-electron chi connectivity index (χ0n) is 12.4. The van der Waals surface area contributed by atoms with Crippen LogP contribution in [0.25, 0.3) is 10.6 Å². The van der Waals surface area contributed by atoms with Crippen molar-refractivity contribution in [1.29, 1.82) is 0 Å². The Hall–Kier alpha value is -0.940. The lowest BCUT2D eigenvalue weighted by Gasteiger charge is -2.17. The molecule has 2 aromatic rings. The van der Waals surface area contributed by atoms with Gasteiger partial charge in [-0.1, -0.05) is 34.6 Å². The number of thiazole rings is 2. The Bertz CT molecular complexity index is 561. The molecular formula is C14H21N3S2. The van der Waals surface area contributed by atoms with Crippen molar-refractivity contribution in [2.24, 2.45) is 0 Å². The number of hydrogen-bond acceptors (Lipinski definition) is 5. The summed E-state index contributed by atoms with van der Waals surface area (Å²) in [5.74, 6) is 0.460. The largest absolute Gasteiger partial charge is 0.365 e. The van der Waals surface area contributed by atoms with Crippen LogP contribution in [-0.2, 0) is 5.41 Å². The van der Waals surface area contributed by atoms with Gasteiger partial charge in [0.15, 0.2) is 5.13 Å². The topological polar surface area (TPSA) is 37.8 Å². The maximum Gasteiger partial charge on any atom is 0.182 e. The predicted molar refractivity (Wildman–Crippen MR) is 85.6 cm³/mol. The molecule has 2 heterocycles. The van der Waals surface area contributed by atoms with Crippen molar-refractivity contribution in [2.75, 3.05) is 12.4 Å². The Labute approximate surface area is 123 Å². The third-order valence-electron chi connectivity index (χ3n) is 2.80. The Morgan fingerprint density at radius 1 is 1.21 bits per heavy atom. The summed E-state index contributed by atoms with van der Waals surface area (Å²) in [5, 5.41) is 7.35. The smallest absolute Gasteiger partial charge is 0.182 e. The molecule has 3 nitrogen and oxygen atoms in total. The van der Waals surface area contributed by atoms with E-state index in [1.54, 1.807) is 22.7 Å². The van der Waals surface area contributed by atoms with Gasteiger partial charge >= 0.3 is 0 Å². The molecular weight excluding hydrogens is 274 g/mol. The van der Waals surface area contributed by atoms with Gasteiger partial charge in [0.25, 0.3) is 0 Å². The summed E-state index contributed by atoms with van der Waals surface area (Å²) in [4.78, 5) is 10.7. The van der Waals surface area contributed by atoms with Crippen molar-refractivity contribution in [3.63, 3.8) is 0 Å². The Balaban J connectivity index is 2.54. The first-order valence-electron chi connectivity index (χ1n) is 6.47. The van der Waals surface area contributed by atoms with Crippen LogP contribution in [0.1, 0.15) is 51.2 Å². The van der Waals surface area contributed by atoms with E-state index in [1.165, 1.54) is 9.88 Å². The summed E-state index contributed by atoms with van der Waals surface area (Å²) in [6, 6.07) is 0. The van der Waals surface area contributed by atoms with E-state index in [1.807, 2.05) is 7.05 Å². The predicted octanol–water partition coefficient (Wildman–Crippen LogP) is 4.73. The third kappa shape index (κ3) is 2.98. The minimum Gasteiger partial charge on any atom is -0.365 e. The lowest BCUT2D eigenvalue weighted by Crippen LogP contribution is -2.13. The average molecular weight is 295 g/mol. The first kappa shape index (κ1) is 14.5. The maximum atomic E-state index is 4.86. The molecule has 0 bridgehead atoms. The van der Waals surface area contributed by atoms with Gasteiger partial charge in [-0.25, -0.2) is 9.97 Å². The van der Waals surface area contributed by atoms with Crippen molar-refractivity contribution in [1.82, 2.24) is 9.97 Å². The van der Waals surface area contributed by atoms with Crippen LogP contribution in [0.5, 0.6) is 0 Å². The summed E-state index contributed by atoms with van der Waals surface area (Å²) in [6.07, 6.45) is 0. The third-order valence-corrected chi connectivity index (χ3v) is 5.04. The van der Waals surface area contributed by atoms with Crippen molar-refractivity contribution < 1.29 is 0 Å². The van der Waals surface area contributed by atoms with Crippen molar-refractivity contribution in [3.05, 3.63) is 16.1 Å². The van der Waals surface area contributed by atoms with Gasteiger partial charge in [0.2, 0.25) is 0 Å². The second kappa shape index (κ2) is 5.21. The first-order chi connectivity index (χ1) is 8.82. The van der Waals surface area contributed by atoms with Crippen molar-refractivity contribution in [2.45, 2.75) is 46.0 Å². The highest BCUT2D eigenvalue weighted by Crippen LogP contribution is 2.40. The molecule has 0 aliphatic carbocycles. The van der Waals surface area contributed by atoms with Crippen LogP contribution in [0.4, 0.5) is 5.13 Å². The molecule has 1 N–H and O–H groups in total. The molecule has 0 unspecified atom stereocenters. The fourth-order valence-corrected chi connectivity index (χ4v) is 3.74. The summed E-state index contributed by atoms with van der Waals surface area (Å²) in [6.45, 7) is 11.0. The monoisotopic (exact) mass is 295 g/mol. The van der Waals surface area contributed by atoms with E-state index in [0.29, 0.717) is 5.92 Å². The molecule has 0 spiro atoms. The molecule has 0 aliphatic heterocycles. The van der Waals surface area contributed by atoms with Crippen LogP contribution < -0.4 is 5.32 Å². The number of rotatable bonds is 3. The minimum atomic E-state index is 0.0440. The molecule has 2 aromatic heterocycles. The van der Waals surface area contributed by atoms with Gasteiger partial charge < -0.3 is 5.32 Å². The van der Waals surface area contributed by atoms with E-state index >= 15 is 0 Å². The molecule has 0 atom stereocenters. The highest BCUT2D eigenvalue weighted by atomic mass is 32.1. The first-order valence-corrected chi connectivity index (χ1v) is 8.17. The fraction of sp³-hybridized carbons (Fsp3) is 0.571. The molecule has 19 heavy (non-hydrogen) atoms. The van der Waals surface area contributed by atoms with E-state index in [4.69, 9.17) is 4.98 Å². The Morgan fingerprint density at radius 3 is 2.37 bits per heavy atom. The maximum absolute atomic E-state index is 4.86. The van der Waals surface area contributed by atoms with Gasteiger partial charge in [0.05, 0.1) is 21.3 Å². The van der Waals surface area contributed by atoms with E-state index in [-0.39, 0.29) is 5.41 Å². The molecule has 104 valence electrons. The summed E-state index contributed by atoms with van der Waals surface area (Å²) >= 11 is 3.41. The van der Waals surface area contributed by atoms with Gasteiger partial charge in [-0.3, -0.25) is 0 Å². The quantitative estimate of drug-likeness (QED) is 0.889. The van der Waals surface area contributed by atoms with Gasteiger partial charge in [-0.05, 0) is 0 Å². The van der Waals surface area contributed by atoms with E-state index in [9.17, 15) is 0 Å². The van der Waals surface area contributed by atoms with Crippen LogP contribution in [0.3, 0.4) is 0 Å². The van der Waals surface area contributed by atoms with E-state index in [0.717, 1.165) is 16.5 Å². The normalized spacial score (nSPS) is 12.2. The molecule has 0 aromatic carbocycles. The molecule has 0 amide bonds. The number of aromatic nitrogens is 2. The van der Waals surface area contributed by atoms with Gasteiger partial charge in [0, 0.05) is 23.8 Å². The highest BCUT2D eigenvalue weighted by Gasteiger charge is 2.26. The number of anilines is 1. The molecule has 2 rings (SSSR count). The second-order valence-corrected chi connectivity index (χ2v) is 7.81. The van der Waals surface area contributed by atoms with E-state index in [2.05, 4.69) is 50.3 Å². The van der Waals surface area contributed by atoms with Gasteiger partial charge in [0.1, 0.15) is 0 Å². The lowest BCUT2D eigenvalue weighted by atomic mass is 9.91. The zero-order chi connectivity index (χ0) is 14.2. The van der Waals surface area contributed by atoms with Crippen LogP contribution in [0, 0.1) is 0 Å². The number of nitrogens with one attached hydrogen (secondary N) is 1. The Morgan fingerprint density at radius 2 is 1.89 bits per heavy atom. The average Bonchev–Trinajstić information content (AvgIpc) is 2.94. The zero-order valence-corrected chi connectivity index (χ0v) is 14.0. The van der Waals surface area contributed by atoms with E-state index < -0.39 is 0 Å². The van der Waals surface area contributed by atoms with Gasteiger partial charge in [-0.2, -0.15) is 0 Å². The van der Waals surface area contributed by atoms with Crippen molar-refractivity contribution in [3.8, 4) is 10.6 Å². The van der Waals surface area contributed by atoms with Crippen LogP contribution in [0.15, 0.2) is 5.38 Å². The summed E-state index contributed by atoms with van der Waals surface area (Å²) in [5.41, 5.74) is 2.25. The summed E-state index contributed by atoms with van der Waals surface area (Å²) in [7, 11) is 1.90. The van der Waals surface area contributed by atoms with Gasteiger partial charge in [-0.15, -0.1) is 22.7 Å².